The molecule has 0 aliphatic heterocycles. The minimum absolute atomic E-state index is 0.160. The summed E-state index contributed by atoms with van der Waals surface area (Å²) in [6, 6.07) is 14.3. The van der Waals surface area contributed by atoms with E-state index in [1.54, 1.807) is 38.1 Å². The van der Waals surface area contributed by atoms with E-state index < -0.39 is 28.6 Å². The van der Waals surface area contributed by atoms with Crippen molar-refractivity contribution in [3.8, 4) is 0 Å². The predicted octanol–water partition coefficient (Wildman–Crippen LogP) is 2.64. The van der Waals surface area contributed by atoms with Gasteiger partial charge in [0.15, 0.2) is 0 Å². The average Bonchev–Trinajstić information content (AvgIpc) is 2.81. The van der Waals surface area contributed by atoms with Crippen molar-refractivity contribution in [2.45, 2.75) is 38.2 Å². The van der Waals surface area contributed by atoms with Crippen molar-refractivity contribution in [1.29, 1.82) is 0 Å². The van der Waals surface area contributed by atoms with Crippen LogP contribution in [0, 0.1) is 0 Å². The van der Waals surface area contributed by atoms with Gasteiger partial charge in [-0.15, -0.1) is 0 Å². The molecule has 33 heavy (non-hydrogen) atoms. The smallest absolute Gasteiger partial charge is 0.332 e. The number of hydrogen-bond donors (Lipinski definition) is 0. The van der Waals surface area contributed by atoms with Gasteiger partial charge in [-0.05, 0) is 43.5 Å². The maximum Gasteiger partial charge on any atom is 0.332 e. The Bertz CT molecular complexity index is 1260. The van der Waals surface area contributed by atoms with Gasteiger partial charge >= 0.3 is 17.6 Å². The number of ether oxygens (including phenoxy) is 2. The Morgan fingerprint density at radius 1 is 0.909 bits per heavy atom. The van der Waals surface area contributed by atoms with Crippen molar-refractivity contribution in [3.63, 3.8) is 0 Å². The highest BCUT2D eigenvalue weighted by Gasteiger charge is 2.18. The third kappa shape index (κ3) is 5.78. The molecule has 0 saturated heterocycles. The number of fused-ring (bicyclic) bond motifs is 1. The summed E-state index contributed by atoms with van der Waals surface area (Å²) in [6.45, 7) is 3.66. The van der Waals surface area contributed by atoms with Gasteiger partial charge < -0.3 is 9.47 Å². The van der Waals surface area contributed by atoms with Crippen LogP contribution < -0.4 is 11.2 Å². The maximum absolute atomic E-state index is 13.2. The fourth-order valence-electron chi connectivity index (χ4n) is 3.49. The normalized spacial score (nSPS) is 11.8. The van der Waals surface area contributed by atoms with Crippen LogP contribution in [0.25, 0.3) is 10.9 Å². The number of para-hydroxylation sites is 1. The minimum atomic E-state index is -0.645. The lowest BCUT2D eigenvalue weighted by atomic mass is 10.1. The van der Waals surface area contributed by atoms with E-state index in [1.807, 2.05) is 24.3 Å². The van der Waals surface area contributed by atoms with Gasteiger partial charge in [0.1, 0.15) is 11.4 Å². The second-order valence-corrected chi connectivity index (χ2v) is 8.43. The molecule has 1 heterocycles. The third-order valence-electron chi connectivity index (χ3n) is 5.05. The molecule has 2 aromatic carbocycles. The number of hydrogen-bond acceptors (Lipinski definition) is 6. The van der Waals surface area contributed by atoms with E-state index in [-0.39, 0.29) is 19.1 Å². The largest absolute Gasteiger partial charge is 0.465 e. The van der Waals surface area contributed by atoms with E-state index in [0.717, 1.165) is 15.7 Å². The van der Waals surface area contributed by atoms with Gasteiger partial charge in [-0.25, -0.2) is 9.36 Å². The van der Waals surface area contributed by atoms with E-state index in [1.165, 1.54) is 4.57 Å². The first-order valence-electron chi connectivity index (χ1n) is 10.6. The van der Waals surface area contributed by atoms with Gasteiger partial charge in [0.25, 0.3) is 5.56 Å². The molecule has 0 bridgehead atoms. The molecule has 1 aromatic heterocycles. The maximum atomic E-state index is 13.2. The first-order valence-corrected chi connectivity index (χ1v) is 11.5. The first kappa shape index (κ1) is 24.4. The molecule has 3 aromatic rings. The molecule has 0 aliphatic carbocycles. The van der Waals surface area contributed by atoms with Crippen molar-refractivity contribution in [2.24, 2.45) is 0 Å². The Morgan fingerprint density at radius 2 is 1.55 bits per heavy atom. The second-order valence-electron chi connectivity index (χ2n) is 7.32. The van der Waals surface area contributed by atoms with Crippen LogP contribution in [0.5, 0.6) is 0 Å². The van der Waals surface area contributed by atoms with Crippen LogP contribution >= 0.6 is 15.9 Å². The van der Waals surface area contributed by atoms with Crippen molar-refractivity contribution in [1.82, 2.24) is 9.13 Å². The number of esters is 2. The summed E-state index contributed by atoms with van der Waals surface area (Å²) in [7, 11) is 0. The lowest BCUT2D eigenvalue weighted by Gasteiger charge is -2.14. The highest BCUT2D eigenvalue weighted by Crippen LogP contribution is 2.15. The zero-order valence-electron chi connectivity index (χ0n) is 18.5. The Hall–Kier alpha value is -3.20. The second kappa shape index (κ2) is 11.1. The van der Waals surface area contributed by atoms with Crippen molar-refractivity contribution in [2.75, 3.05) is 13.2 Å². The zero-order valence-corrected chi connectivity index (χ0v) is 20.0. The van der Waals surface area contributed by atoms with Gasteiger partial charge in [0.2, 0.25) is 0 Å². The number of halogens is 1. The van der Waals surface area contributed by atoms with Gasteiger partial charge in [-0.2, -0.15) is 0 Å². The van der Waals surface area contributed by atoms with Crippen molar-refractivity contribution < 1.29 is 19.1 Å². The Morgan fingerprint density at radius 3 is 2.21 bits per heavy atom. The van der Waals surface area contributed by atoms with Crippen LogP contribution in [0.2, 0.25) is 0 Å². The topological polar surface area (TPSA) is 96.6 Å². The number of alkyl halides is 1. The van der Waals surface area contributed by atoms with Crippen LogP contribution in [0.15, 0.2) is 58.1 Å². The Kier molecular flexibility index (Phi) is 8.21. The van der Waals surface area contributed by atoms with E-state index in [2.05, 4.69) is 15.9 Å². The quantitative estimate of drug-likeness (QED) is 0.320. The molecule has 0 aliphatic rings. The average molecular weight is 517 g/mol. The Labute approximate surface area is 198 Å². The van der Waals surface area contributed by atoms with E-state index >= 15 is 0 Å². The Balaban J connectivity index is 1.92. The fourth-order valence-corrected chi connectivity index (χ4v) is 3.99. The van der Waals surface area contributed by atoms with Crippen LogP contribution in [0.4, 0.5) is 0 Å². The van der Waals surface area contributed by atoms with Crippen molar-refractivity contribution in [3.05, 3.63) is 80.5 Å². The predicted molar refractivity (Wildman–Crippen MR) is 128 cm³/mol. The number of rotatable bonds is 9. The summed E-state index contributed by atoms with van der Waals surface area (Å²) in [6.07, 6.45) is 0.465. The molecule has 0 amide bonds. The van der Waals surface area contributed by atoms with Gasteiger partial charge in [0.05, 0.1) is 30.7 Å². The lowest BCUT2D eigenvalue weighted by Crippen LogP contribution is -2.42. The SMILES string of the molecule is CCOC(=O)Cn1c(=O)c2ccccc2n(Cc2ccc(CC(Br)C(=O)OCC)cc2)c1=O. The molecule has 9 heteroatoms. The van der Waals surface area contributed by atoms with Crippen molar-refractivity contribution >= 4 is 38.8 Å². The highest BCUT2D eigenvalue weighted by molar-refractivity contribution is 9.10. The number of aromatic nitrogens is 2. The first-order chi connectivity index (χ1) is 15.8. The molecular formula is C24H25BrN2O6. The molecule has 0 radical (unpaired) electrons. The van der Waals surface area contributed by atoms with Crippen LogP contribution in [0.1, 0.15) is 25.0 Å². The molecule has 0 spiro atoms. The number of carbonyl (C=O) groups is 2. The highest BCUT2D eigenvalue weighted by atomic mass is 79.9. The van der Waals surface area contributed by atoms with Gasteiger partial charge in [-0.3, -0.25) is 19.0 Å². The van der Waals surface area contributed by atoms with Crippen LogP contribution in [0.3, 0.4) is 0 Å². The summed E-state index contributed by atoms with van der Waals surface area (Å²) >= 11 is 3.35. The molecule has 0 N–H and O–H groups in total. The fraction of sp³-hybridized carbons (Fsp3) is 0.333. The van der Waals surface area contributed by atoms with Crippen LogP contribution in [-0.2, 0) is 38.6 Å². The molecule has 0 saturated carbocycles. The van der Waals surface area contributed by atoms with E-state index in [4.69, 9.17) is 9.47 Å². The number of carbonyl (C=O) groups excluding carboxylic acids is 2. The monoisotopic (exact) mass is 516 g/mol. The summed E-state index contributed by atoms with van der Waals surface area (Å²) in [5, 5.41) is 0.342. The molecule has 1 atom stereocenters. The van der Waals surface area contributed by atoms with Gasteiger partial charge in [0, 0.05) is 0 Å². The molecular weight excluding hydrogens is 492 g/mol. The summed E-state index contributed by atoms with van der Waals surface area (Å²) in [5.74, 6) is -0.961. The standard InChI is InChI=1S/C24H25BrN2O6/c1-3-32-21(28)15-27-22(29)18-7-5-6-8-20(18)26(24(27)31)14-17-11-9-16(10-12-17)13-19(25)23(30)33-4-2/h5-12,19H,3-4,13-15H2,1-2H3. The van der Waals surface area contributed by atoms with Gasteiger partial charge in [-0.1, -0.05) is 52.3 Å². The molecule has 0 fully saturated rings. The minimum Gasteiger partial charge on any atom is -0.465 e. The summed E-state index contributed by atoms with van der Waals surface area (Å²) in [4.78, 5) is 49.4. The number of nitrogens with zero attached hydrogens (tertiary/aromatic N) is 2. The summed E-state index contributed by atoms with van der Waals surface area (Å²) in [5.41, 5.74) is 1.13. The molecule has 174 valence electrons. The van der Waals surface area contributed by atoms with Crippen LogP contribution in [-0.4, -0.2) is 39.1 Å². The molecule has 1 unspecified atom stereocenters. The van der Waals surface area contributed by atoms with E-state index in [9.17, 15) is 19.2 Å². The lowest BCUT2D eigenvalue weighted by molar-refractivity contribution is -0.144. The molecule has 3 rings (SSSR count). The third-order valence-corrected chi connectivity index (χ3v) is 5.74. The molecule has 8 nitrogen and oxygen atoms in total. The summed E-state index contributed by atoms with van der Waals surface area (Å²) < 4.78 is 12.3. The number of benzene rings is 2. The van der Waals surface area contributed by atoms with E-state index in [0.29, 0.717) is 23.9 Å². The zero-order chi connectivity index (χ0) is 24.0.